The first kappa shape index (κ1) is 15.0. The molecule has 1 aliphatic heterocycles. The van der Waals surface area contributed by atoms with Crippen molar-refractivity contribution in [3.05, 3.63) is 54.2 Å². The average Bonchev–Trinajstić information content (AvgIpc) is 2.97. The van der Waals surface area contributed by atoms with Gasteiger partial charge in [0, 0.05) is 18.3 Å². The Morgan fingerprint density at radius 2 is 1.91 bits per heavy atom. The highest BCUT2D eigenvalue weighted by Crippen LogP contribution is 2.23. The van der Waals surface area contributed by atoms with Gasteiger partial charge in [0.25, 0.3) is 0 Å². The molecule has 1 aliphatic rings. The van der Waals surface area contributed by atoms with E-state index in [9.17, 15) is 8.42 Å². The summed E-state index contributed by atoms with van der Waals surface area (Å²) in [6.07, 6.45) is 0.509. The molecule has 5 nitrogen and oxygen atoms in total. The van der Waals surface area contributed by atoms with Crippen LogP contribution in [0.5, 0.6) is 5.88 Å². The minimum absolute atomic E-state index is 0.159. The molecule has 1 aromatic carbocycles. The highest BCUT2D eigenvalue weighted by molar-refractivity contribution is 7.89. The van der Waals surface area contributed by atoms with Crippen LogP contribution in [0.25, 0.3) is 0 Å². The van der Waals surface area contributed by atoms with E-state index in [0.29, 0.717) is 30.3 Å². The highest BCUT2D eigenvalue weighted by Gasteiger charge is 2.33. The third-order valence-corrected chi connectivity index (χ3v) is 5.52. The number of hydrogen-bond donors (Lipinski definition) is 0. The topological polar surface area (TPSA) is 59.5 Å². The van der Waals surface area contributed by atoms with Crippen LogP contribution in [0.4, 0.5) is 0 Å². The maximum atomic E-state index is 12.5. The molecule has 1 atom stereocenters. The summed E-state index contributed by atoms with van der Waals surface area (Å²) in [7, 11) is -3.44. The number of pyridine rings is 1. The number of nitrogens with zero attached hydrogens (tertiary/aromatic N) is 2. The quantitative estimate of drug-likeness (QED) is 0.867. The normalized spacial score (nSPS) is 19.2. The Kier molecular flexibility index (Phi) is 4.13. The van der Waals surface area contributed by atoms with Gasteiger partial charge in [-0.05, 0) is 31.5 Å². The summed E-state index contributed by atoms with van der Waals surface area (Å²) in [6.45, 7) is 2.72. The molecule has 116 valence electrons. The van der Waals surface area contributed by atoms with Crippen molar-refractivity contribution in [2.45, 2.75) is 24.3 Å². The maximum absolute atomic E-state index is 12.5. The van der Waals surface area contributed by atoms with Gasteiger partial charge in [-0.25, -0.2) is 13.4 Å². The zero-order valence-corrected chi connectivity index (χ0v) is 13.2. The van der Waals surface area contributed by atoms with Crippen molar-refractivity contribution >= 4 is 10.0 Å². The number of sulfonamides is 1. The average molecular weight is 318 g/mol. The SMILES string of the molecule is Cc1cccc(OC2CCN(S(=O)(=O)c3ccccc3)C2)n1. The fourth-order valence-electron chi connectivity index (χ4n) is 2.51. The van der Waals surface area contributed by atoms with E-state index in [1.54, 1.807) is 36.4 Å². The summed E-state index contributed by atoms with van der Waals surface area (Å²) < 4.78 is 32.4. The molecule has 0 saturated carbocycles. The smallest absolute Gasteiger partial charge is 0.243 e. The van der Waals surface area contributed by atoms with Crippen molar-refractivity contribution in [3.8, 4) is 5.88 Å². The van der Waals surface area contributed by atoms with E-state index in [4.69, 9.17) is 4.74 Å². The van der Waals surface area contributed by atoms with Crippen molar-refractivity contribution in [1.82, 2.24) is 9.29 Å². The zero-order chi connectivity index (χ0) is 15.6. The Morgan fingerprint density at radius 1 is 1.14 bits per heavy atom. The predicted octanol–water partition coefficient (Wildman–Crippen LogP) is 2.23. The van der Waals surface area contributed by atoms with E-state index in [2.05, 4.69) is 4.98 Å². The lowest BCUT2D eigenvalue weighted by Crippen LogP contribution is -2.31. The van der Waals surface area contributed by atoms with Gasteiger partial charge in [0.15, 0.2) is 0 Å². The lowest BCUT2D eigenvalue weighted by molar-refractivity contribution is 0.206. The van der Waals surface area contributed by atoms with Crippen molar-refractivity contribution in [1.29, 1.82) is 0 Å². The first-order chi connectivity index (χ1) is 10.6. The summed E-state index contributed by atoms with van der Waals surface area (Å²) in [5, 5.41) is 0. The van der Waals surface area contributed by atoms with Crippen LogP contribution in [-0.2, 0) is 10.0 Å². The molecule has 0 bridgehead atoms. The van der Waals surface area contributed by atoms with Gasteiger partial charge < -0.3 is 4.74 Å². The molecule has 2 aromatic rings. The molecule has 1 unspecified atom stereocenters. The number of aryl methyl sites for hydroxylation is 1. The van der Waals surface area contributed by atoms with Gasteiger partial charge >= 0.3 is 0 Å². The van der Waals surface area contributed by atoms with Crippen molar-refractivity contribution in [2.24, 2.45) is 0 Å². The summed E-state index contributed by atoms with van der Waals surface area (Å²) in [6, 6.07) is 14.1. The molecule has 3 rings (SSSR count). The molecule has 6 heteroatoms. The minimum atomic E-state index is -3.44. The largest absolute Gasteiger partial charge is 0.473 e. The van der Waals surface area contributed by atoms with E-state index in [0.717, 1.165) is 5.69 Å². The van der Waals surface area contributed by atoms with Crippen molar-refractivity contribution in [3.63, 3.8) is 0 Å². The number of benzene rings is 1. The summed E-state index contributed by atoms with van der Waals surface area (Å²) in [5.41, 5.74) is 0.879. The molecule has 1 aromatic heterocycles. The van der Waals surface area contributed by atoms with Crippen LogP contribution in [0.1, 0.15) is 12.1 Å². The number of aromatic nitrogens is 1. The monoisotopic (exact) mass is 318 g/mol. The summed E-state index contributed by atoms with van der Waals surface area (Å²) in [5.74, 6) is 0.545. The van der Waals surface area contributed by atoms with Gasteiger partial charge in [-0.2, -0.15) is 4.31 Å². The Bertz CT molecular complexity index is 747. The molecule has 0 radical (unpaired) electrons. The van der Waals surface area contributed by atoms with Crippen LogP contribution in [0.15, 0.2) is 53.4 Å². The third-order valence-electron chi connectivity index (χ3n) is 3.64. The third kappa shape index (κ3) is 3.13. The van der Waals surface area contributed by atoms with E-state index >= 15 is 0 Å². The number of ether oxygens (including phenoxy) is 1. The second kappa shape index (κ2) is 6.06. The maximum Gasteiger partial charge on any atom is 0.243 e. The highest BCUT2D eigenvalue weighted by atomic mass is 32.2. The number of hydrogen-bond acceptors (Lipinski definition) is 4. The summed E-state index contributed by atoms with van der Waals surface area (Å²) in [4.78, 5) is 4.62. The molecule has 22 heavy (non-hydrogen) atoms. The molecule has 0 amide bonds. The molecular formula is C16H18N2O3S. The van der Waals surface area contributed by atoms with Gasteiger partial charge in [0.1, 0.15) is 6.10 Å². The van der Waals surface area contributed by atoms with Crippen LogP contribution in [0.2, 0.25) is 0 Å². The number of rotatable bonds is 4. The van der Waals surface area contributed by atoms with E-state index in [-0.39, 0.29) is 6.10 Å². The molecule has 1 saturated heterocycles. The van der Waals surface area contributed by atoms with Crippen LogP contribution in [-0.4, -0.2) is 36.9 Å². The van der Waals surface area contributed by atoms with Crippen LogP contribution in [0.3, 0.4) is 0 Å². The van der Waals surface area contributed by atoms with Gasteiger partial charge in [-0.1, -0.05) is 24.3 Å². The minimum Gasteiger partial charge on any atom is -0.473 e. The van der Waals surface area contributed by atoms with E-state index in [1.165, 1.54) is 4.31 Å². The van der Waals surface area contributed by atoms with Crippen LogP contribution >= 0.6 is 0 Å². The Morgan fingerprint density at radius 3 is 2.64 bits per heavy atom. The van der Waals surface area contributed by atoms with E-state index < -0.39 is 10.0 Å². The first-order valence-corrected chi connectivity index (χ1v) is 8.65. The lowest BCUT2D eigenvalue weighted by Gasteiger charge is -2.17. The summed E-state index contributed by atoms with van der Waals surface area (Å²) >= 11 is 0. The molecule has 0 spiro atoms. The van der Waals surface area contributed by atoms with Gasteiger partial charge in [0.2, 0.25) is 15.9 Å². The Hall–Kier alpha value is -1.92. The Balaban J connectivity index is 1.70. The second-order valence-corrected chi connectivity index (χ2v) is 7.26. The van der Waals surface area contributed by atoms with Crippen molar-refractivity contribution < 1.29 is 13.2 Å². The standard InChI is InChI=1S/C16H18N2O3S/c1-13-6-5-9-16(17-13)21-14-10-11-18(12-14)22(19,20)15-7-3-2-4-8-15/h2-9,14H,10-12H2,1H3. The molecular weight excluding hydrogens is 300 g/mol. The fraction of sp³-hybridized carbons (Fsp3) is 0.312. The van der Waals surface area contributed by atoms with Crippen molar-refractivity contribution in [2.75, 3.05) is 13.1 Å². The van der Waals surface area contributed by atoms with Crippen LogP contribution < -0.4 is 4.74 Å². The fourth-order valence-corrected chi connectivity index (χ4v) is 4.02. The Labute approximate surface area is 130 Å². The van der Waals surface area contributed by atoms with Gasteiger partial charge in [0.05, 0.1) is 11.4 Å². The predicted molar refractivity (Wildman–Crippen MR) is 83.2 cm³/mol. The van der Waals surface area contributed by atoms with Crippen LogP contribution in [0, 0.1) is 6.92 Å². The van der Waals surface area contributed by atoms with Gasteiger partial charge in [-0.3, -0.25) is 0 Å². The first-order valence-electron chi connectivity index (χ1n) is 7.21. The molecule has 0 aliphatic carbocycles. The van der Waals surface area contributed by atoms with Gasteiger partial charge in [-0.15, -0.1) is 0 Å². The van der Waals surface area contributed by atoms with E-state index in [1.807, 2.05) is 19.1 Å². The lowest BCUT2D eigenvalue weighted by atomic mass is 10.3. The second-order valence-electron chi connectivity index (χ2n) is 5.32. The zero-order valence-electron chi connectivity index (χ0n) is 12.3. The molecule has 0 N–H and O–H groups in total. The molecule has 2 heterocycles. The molecule has 1 fully saturated rings.